The zero-order valence-electron chi connectivity index (χ0n) is 9.37. The van der Waals surface area contributed by atoms with Gasteiger partial charge in [0.15, 0.2) is 0 Å². The molecule has 1 saturated heterocycles. The summed E-state index contributed by atoms with van der Waals surface area (Å²) in [7, 11) is 0. The van der Waals surface area contributed by atoms with Crippen molar-refractivity contribution in [2.45, 2.75) is 12.3 Å². The van der Waals surface area contributed by atoms with E-state index in [0.717, 1.165) is 0 Å². The fourth-order valence-corrected chi connectivity index (χ4v) is 1.33. The van der Waals surface area contributed by atoms with Crippen LogP contribution in [0.3, 0.4) is 0 Å². The van der Waals surface area contributed by atoms with Crippen LogP contribution in [0, 0.1) is 5.41 Å². The zero-order chi connectivity index (χ0) is 13.8. The van der Waals surface area contributed by atoms with Crippen molar-refractivity contribution in [1.82, 2.24) is 4.90 Å². The molecule has 1 atom stereocenters. The first kappa shape index (κ1) is 14.7. The summed E-state index contributed by atoms with van der Waals surface area (Å²) < 4.78 is 44.3. The van der Waals surface area contributed by atoms with Crippen molar-refractivity contribution in [1.29, 1.82) is 5.41 Å². The zero-order valence-corrected chi connectivity index (χ0v) is 9.37. The number of amidine groups is 1. The van der Waals surface area contributed by atoms with Crippen LogP contribution in [0.5, 0.6) is 0 Å². The van der Waals surface area contributed by atoms with E-state index in [-0.39, 0.29) is 5.84 Å². The Balaban J connectivity index is 2.38. The highest BCUT2D eigenvalue weighted by Gasteiger charge is 2.41. The van der Waals surface area contributed by atoms with Gasteiger partial charge in [0, 0.05) is 13.1 Å². The Morgan fingerprint density at radius 2 is 2.00 bits per heavy atom. The molecule has 0 aromatic carbocycles. The minimum atomic E-state index is -5.10. The van der Waals surface area contributed by atoms with Crippen LogP contribution in [-0.2, 0) is 14.3 Å². The number of aliphatic hydroxyl groups excluding tert-OH is 1. The first-order valence-corrected chi connectivity index (χ1v) is 5.15. The van der Waals surface area contributed by atoms with Crippen molar-refractivity contribution >= 4 is 11.8 Å². The Kier molecular flexibility index (Phi) is 4.91. The molecule has 1 rings (SSSR count). The van der Waals surface area contributed by atoms with Crippen LogP contribution in [-0.4, -0.2) is 67.0 Å². The summed E-state index contributed by atoms with van der Waals surface area (Å²) in [6.07, 6.45) is -6.67. The molecule has 1 fully saturated rings. The predicted octanol–water partition coefficient (Wildman–Crippen LogP) is -0.238. The Morgan fingerprint density at radius 1 is 1.44 bits per heavy atom. The summed E-state index contributed by atoms with van der Waals surface area (Å²) in [4.78, 5) is 11.9. The lowest BCUT2D eigenvalue weighted by Gasteiger charge is -2.30. The van der Waals surface area contributed by atoms with Gasteiger partial charge in [-0.05, 0) is 0 Å². The molecule has 1 heterocycles. The number of esters is 1. The van der Waals surface area contributed by atoms with E-state index in [4.69, 9.17) is 10.1 Å². The van der Waals surface area contributed by atoms with Crippen molar-refractivity contribution in [2.75, 3.05) is 32.9 Å². The summed E-state index contributed by atoms with van der Waals surface area (Å²) in [6, 6.07) is 0. The Morgan fingerprint density at radius 3 is 2.50 bits per heavy atom. The van der Waals surface area contributed by atoms with Crippen LogP contribution in [0.2, 0.25) is 0 Å². The first-order chi connectivity index (χ1) is 8.32. The van der Waals surface area contributed by atoms with E-state index in [1.807, 2.05) is 0 Å². The van der Waals surface area contributed by atoms with Gasteiger partial charge < -0.3 is 19.5 Å². The number of hydrogen-bond donors (Lipinski definition) is 2. The number of aliphatic hydroxyl groups is 1. The smallest absolute Gasteiger partial charge is 0.456 e. The molecule has 1 unspecified atom stereocenters. The number of morpholine rings is 1. The molecule has 0 radical (unpaired) electrons. The van der Waals surface area contributed by atoms with Gasteiger partial charge in [-0.3, -0.25) is 5.41 Å². The van der Waals surface area contributed by atoms with Gasteiger partial charge in [0.25, 0.3) is 0 Å². The van der Waals surface area contributed by atoms with Crippen LogP contribution in [0.25, 0.3) is 0 Å². The minimum absolute atomic E-state index is 0.284. The molecule has 9 heteroatoms. The maximum absolute atomic E-state index is 11.8. The van der Waals surface area contributed by atoms with E-state index < -0.39 is 24.9 Å². The first-order valence-electron chi connectivity index (χ1n) is 5.15. The summed E-state index contributed by atoms with van der Waals surface area (Å²) in [5, 5.41) is 17.0. The maximum Gasteiger partial charge on any atom is 0.490 e. The number of ether oxygens (including phenoxy) is 2. The van der Waals surface area contributed by atoms with Crippen LogP contribution < -0.4 is 0 Å². The second-order valence-corrected chi connectivity index (χ2v) is 3.60. The molecule has 104 valence electrons. The molecule has 0 aromatic rings. The lowest BCUT2D eigenvalue weighted by atomic mass is 10.3. The van der Waals surface area contributed by atoms with E-state index in [9.17, 15) is 23.1 Å². The van der Waals surface area contributed by atoms with E-state index in [1.54, 1.807) is 0 Å². The van der Waals surface area contributed by atoms with Crippen molar-refractivity contribution < 1.29 is 32.5 Å². The number of nitrogens with one attached hydrogen (secondary N) is 1. The minimum Gasteiger partial charge on any atom is -0.456 e. The largest absolute Gasteiger partial charge is 0.490 e. The Hall–Kier alpha value is -1.35. The highest BCUT2D eigenvalue weighted by Crippen LogP contribution is 2.16. The second kappa shape index (κ2) is 6.01. The van der Waals surface area contributed by atoms with Crippen LogP contribution in [0.1, 0.15) is 0 Å². The van der Waals surface area contributed by atoms with Crippen molar-refractivity contribution in [3.05, 3.63) is 0 Å². The highest BCUT2D eigenvalue weighted by molar-refractivity contribution is 5.84. The fourth-order valence-electron chi connectivity index (χ4n) is 1.33. The molecular weight excluding hydrogens is 257 g/mol. The molecule has 18 heavy (non-hydrogen) atoms. The molecule has 2 N–H and O–H groups in total. The van der Waals surface area contributed by atoms with Gasteiger partial charge in [0.1, 0.15) is 18.5 Å². The van der Waals surface area contributed by atoms with E-state index in [2.05, 4.69) is 4.74 Å². The van der Waals surface area contributed by atoms with Crippen LogP contribution in [0.15, 0.2) is 0 Å². The van der Waals surface area contributed by atoms with Crippen molar-refractivity contribution in [2.24, 2.45) is 0 Å². The number of nitrogens with zero attached hydrogens (tertiary/aromatic N) is 1. The van der Waals surface area contributed by atoms with Gasteiger partial charge in [-0.2, -0.15) is 13.2 Å². The molecule has 0 bridgehead atoms. The monoisotopic (exact) mass is 270 g/mol. The number of halogens is 3. The fraction of sp³-hybridized carbons (Fsp3) is 0.778. The Labute approximate surface area is 101 Å². The average Bonchev–Trinajstić information content (AvgIpc) is 2.34. The molecule has 0 saturated carbocycles. The quantitative estimate of drug-likeness (QED) is 0.420. The molecule has 0 spiro atoms. The standard InChI is InChI=1S/C9H13F3N2O4/c10-9(11,12)8(16)18-5-6(15)7(13)14-1-3-17-4-2-14/h6,13,15H,1-5H2. The topological polar surface area (TPSA) is 82.8 Å². The predicted molar refractivity (Wildman–Crippen MR) is 53.1 cm³/mol. The normalized spacial score (nSPS) is 18.3. The van der Waals surface area contributed by atoms with Gasteiger partial charge in [0.2, 0.25) is 0 Å². The number of carbonyl (C=O) groups excluding carboxylic acids is 1. The number of carbonyl (C=O) groups is 1. The second-order valence-electron chi connectivity index (χ2n) is 3.60. The molecular formula is C9H13F3N2O4. The van der Waals surface area contributed by atoms with E-state index in [1.165, 1.54) is 4.90 Å². The third-order valence-electron chi connectivity index (χ3n) is 2.27. The third kappa shape index (κ3) is 4.15. The molecule has 1 aliphatic rings. The maximum atomic E-state index is 11.8. The van der Waals surface area contributed by atoms with E-state index >= 15 is 0 Å². The van der Waals surface area contributed by atoms with Crippen molar-refractivity contribution in [3.63, 3.8) is 0 Å². The van der Waals surface area contributed by atoms with Gasteiger partial charge in [-0.15, -0.1) is 0 Å². The summed E-state index contributed by atoms with van der Waals surface area (Å²) in [6.45, 7) is 0.579. The van der Waals surface area contributed by atoms with Gasteiger partial charge in [-0.25, -0.2) is 4.79 Å². The molecule has 0 aromatic heterocycles. The third-order valence-corrected chi connectivity index (χ3v) is 2.27. The van der Waals surface area contributed by atoms with E-state index in [0.29, 0.717) is 26.3 Å². The van der Waals surface area contributed by atoms with Gasteiger partial charge in [-0.1, -0.05) is 0 Å². The number of alkyl halides is 3. The summed E-state index contributed by atoms with van der Waals surface area (Å²) in [5.41, 5.74) is 0. The lowest BCUT2D eigenvalue weighted by molar-refractivity contribution is -0.201. The molecule has 0 aliphatic carbocycles. The number of rotatable bonds is 3. The summed E-state index contributed by atoms with van der Waals surface area (Å²) in [5.74, 6) is -2.66. The summed E-state index contributed by atoms with van der Waals surface area (Å²) >= 11 is 0. The number of hydrogen-bond acceptors (Lipinski definition) is 5. The molecule has 6 nitrogen and oxygen atoms in total. The molecule has 1 aliphatic heterocycles. The van der Waals surface area contributed by atoms with Crippen LogP contribution in [0.4, 0.5) is 13.2 Å². The van der Waals surface area contributed by atoms with Gasteiger partial charge >= 0.3 is 12.1 Å². The van der Waals surface area contributed by atoms with Crippen molar-refractivity contribution in [3.8, 4) is 0 Å². The SMILES string of the molecule is N=C(C(O)COC(=O)C(F)(F)F)N1CCOCC1. The van der Waals surface area contributed by atoms with Gasteiger partial charge in [0.05, 0.1) is 13.2 Å². The van der Waals surface area contributed by atoms with Crippen LogP contribution >= 0.6 is 0 Å². The lowest BCUT2D eigenvalue weighted by Crippen LogP contribution is -2.47. The Bertz CT molecular complexity index is 315. The average molecular weight is 270 g/mol. The highest BCUT2D eigenvalue weighted by atomic mass is 19.4. The molecule has 0 amide bonds.